The van der Waals surface area contributed by atoms with Gasteiger partial charge in [-0.1, -0.05) is 60.4 Å². The van der Waals surface area contributed by atoms with Crippen molar-refractivity contribution in [3.63, 3.8) is 0 Å². The molecule has 192 valence electrons. The summed E-state index contributed by atoms with van der Waals surface area (Å²) in [5, 5.41) is 18.8. The Kier molecular flexibility index (Phi) is 8.57. The van der Waals surface area contributed by atoms with Crippen molar-refractivity contribution in [3.8, 4) is 5.75 Å². The van der Waals surface area contributed by atoms with Gasteiger partial charge < -0.3 is 15.4 Å². The van der Waals surface area contributed by atoms with Crippen LogP contribution in [0.4, 0.5) is 10.8 Å². The van der Waals surface area contributed by atoms with Crippen LogP contribution in [0.2, 0.25) is 0 Å². The Morgan fingerprint density at radius 3 is 2.59 bits per heavy atom. The van der Waals surface area contributed by atoms with Crippen molar-refractivity contribution in [2.75, 3.05) is 23.5 Å². The molecule has 1 aliphatic rings. The number of hydrogen-bond donors (Lipinski definition) is 3. The molecule has 0 spiro atoms. The van der Waals surface area contributed by atoms with Gasteiger partial charge in [-0.15, -0.1) is 10.2 Å². The van der Waals surface area contributed by atoms with E-state index in [0.717, 1.165) is 22.6 Å². The fourth-order valence-corrected chi connectivity index (χ4v) is 5.16. The number of nitrogens with zero attached hydrogens (tertiary/aromatic N) is 3. The van der Waals surface area contributed by atoms with E-state index in [-0.39, 0.29) is 17.6 Å². The number of carbonyl (C=O) groups excluding carboxylic acids is 2. The van der Waals surface area contributed by atoms with Gasteiger partial charge >= 0.3 is 0 Å². The highest BCUT2D eigenvalue weighted by Crippen LogP contribution is 2.35. The molecule has 2 heterocycles. The Balaban J connectivity index is 1.56. The molecule has 11 heteroatoms. The molecular formula is C26H28N6O3S2. The van der Waals surface area contributed by atoms with E-state index in [0.29, 0.717) is 33.0 Å². The Hall–Kier alpha value is -3.70. The van der Waals surface area contributed by atoms with E-state index in [4.69, 9.17) is 9.73 Å². The minimum Gasteiger partial charge on any atom is -0.496 e. The zero-order chi connectivity index (χ0) is 26.4. The number of para-hydroxylation sites is 1. The molecule has 0 radical (unpaired) electrons. The van der Waals surface area contributed by atoms with Gasteiger partial charge in [-0.2, -0.15) is 0 Å². The second-order valence-electron chi connectivity index (χ2n) is 8.24. The van der Waals surface area contributed by atoms with Crippen LogP contribution in [0.3, 0.4) is 0 Å². The van der Waals surface area contributed by atoms with Gasteiger partial charge in [-0.3, -0.25) is 14.9 Å². The summed E-state index contributed by atoms with van der Waals surface area (Å²) in [6.07, 6.45) is 0.764. The minimum absolute atomic E-state index is 0.121. The Labute approximate surface area is 223 Å². The van der Waals surface area contributed by atoms with E-state index in [9.17, 15) is 9.59 Å². The molecule has 0 saturated heterocycles. The summed E-state index contributed by atoms with van der Waals surface area (Å²) in [5.41, 5.74) is 3.63. The number of methoxy groups -OCH3 is 1. The largest absolute Gasteiger partial charge is 0.496 e. The van der Waals surface area contributed by atoms with E-state index in [1.165, 1.54) is 23.1 Å². The van der Waals surface area contributed by atoms with Crippen molar-refractivity contribution in [3.05, 3.63) is 75.9 Å². The lowest BCUT2D eigenvalue weighted by molar-refractivity contribution is -0.114. The molecule has 1 atom stereocenters. The van der Waals surface area contributed by atoms with Crippen molar-refractivity contribution in [2.24, 2.45) is 4.99 Å². The quantitative estimate of drug-likeness (QED) is 0.382. The number of nitrogens with one attached hydrogen (secondary N) is 3. The number of amidine groups is 1. The highest BCUT2D eigenvalue weighted by Gasteiger charge is 2.30. The fraction of sp³-hybridized carbons (Fsp3) is 0.269. The zero-order valence-corrected chi connectivity index (χ0v) is 22.6. The summed E-state index contributed by atoms with van der Waals surface area (Å²) in [4.78, 5) is 30.7. The van der Waals surface area contributed by atoms with Gasteiger partial charge in [0.15, 0.2) is 5.17 Å². The molecule has 0 saturated carbocycles. The number of benzene rings is 2. The van der Waals surface area contributed by atoms with Gasteiger partial charge in [-0.25, -0.2) is 4.99 Å². The molecule has 0 fully saturated rings. The molecule has 37 heavy (non-hydrogen) atoms. The maximum Gasteiger partial charge on any atom is 0.255 e. The van der Waals surface area contributed by atoms with E-state index < -0.39 is 6.04 Å². The average molecular weight is 537 g/mol. The molecule has 9 nitrogen and oxygen atoms in total. The topological polar surface area (TPSA) is 118 Å². The van der Waals surface area contributed by atoms with Crippen molar-refractivity contribution in [2.45, 2.75) is 33.2 Å². The third-order valence-corrected chi connectivity index (χ3v) is 7.47. The maximum absolute atomic E-state index is 13.4. The van der Waals surface area contributed by atoms with E-state index >= 15 is 0 Å². The summed E-state index contributed by atoms with van der Waals surface area (Å²) in [6, 6.07) is 14.5. The first-order chi connectivity index (χ1) is 17.9. The van der Waals surface area contributed by atoms with Crippen LogP contribution in [0.1, 0.15) is 36.0 Å². The van der Waals surface area contributed by atoms with Crippen LogP contribution in [0.25, 0.3) is 0 Å². The molecule has 1 aliphatic heterocycles. The van der Waals surface area contributed by atoms with Gasteiger partial charge in [0.05, 0.1) is 18.4 Å². The van der Waals surface area contributed by atoms with Crippen LogP contribution < -0.4 is 20.7 Å². The van der Waals surface area contributed by atoms with Gasteiger partial charge in [-0.05, 0) is 49.6 Å². The molecule has 0 unspecified atom stereocenters. The smallest absolute Gasteiger partial charge is 0.255 e. The molecule has 1 aromatic heterocycles. The van der Waals surface area contributed by atoms with Crippen molar-refractivity contribution in [1.82, 2.24) is 15.5 Å². The van der Waals surface area contributed by atoms with Gasteiger partial charge in [0.25, 0.3) is 5.91 Å². The highest BCUT2D eigenvalue weighted by atomic mass is 32.2. The second kappa shape index (κ2) is 12.0. The minimum atomic E-state index is -0.583. The van der Waals surface area contributed by atoms with Crippen molar-refractivity contribution in [1.29, 1.82) is 0 Å². The number of aromatic nitrogens is 2. The molecule has 2 aromatic carbocycles. The molecule has 3 N–H and O–H groups in total. The number of aryl methyl sites for hydroxylation is 2. The standard InChI is InChI=1S/C26H28N6O3S2/c1-5-21-31-32-26(37-21)29-20(33)14-36-25-27-16(3)22(24(34)28-18-9-7-6-8-10-18)23(30-25)17-12-11-15(2)19(13-17)35-4/h6-13,23H,5,14H2,1-4H3,(H,27,30)(H,28,34)(H,29,32,33)/t23-/m1/s1. The summed E-state index contributed by atoms with van der Waals surface area (Å²) >= 11 is 2.61. The van der Waals surface area contributed by atoms with Crippen molar-refractivity contribution >= 4 is 50.9 Å². The van der Waals surface area contributed by atoms with E-state index in [1.807, 2.05) is 69.3 Å². The predicted octanol–water partition coefficient (Wildman–Crippen LogP) is 4.70. The molecule has 0 aliphatic carbocycles. The lowest BCUT2D eigenvalue weighted by Gasteiger charge is -2.26. The lowest BCUT2D eigenvalue weighted by atomic mass is 9.94. The number of allylic oxidation sites excluding steroid dienone is 1. The Morgan fingerprint density at radius 2 is 1.89 bits per heavy atom. The first-order valence-corrected chi connectivity index (χ1v) is 13.5. The van der Waals surface area contributed by atoms with Crippen LogP contribution in [0.5, 0.6) is 5.75 Å². The van der Waals surface area contributed by atoms with Crippen LogP contribution >= 0.6 is 23.1 Å². The van der Waals surface area contributed by atoms with Crippen LogP contribution in [0.15, 0.2) is 64.8 Å². The summed E-state index contributed by atoms with van der Waals surface area (Å²) in [5.74, 6) is 0.365. The molecule has 4 rings (SSSR count). The number of ether oxygens (including phenoxy) is 1. The highest BCUT2D eigenvalue weighted by molar-refractivity contribution is 8.14. The first kappa shape index (κ1) is 26.4. The normalized spacial score (nSPS) is 15.0. The number of aliphatic imine (C=N–C) groups is 1. The van der Waals surface area contributed by atoms with E-state index in [1.54, 1.807) is 7.11 Å². The number of amides is 2. The maximum atomic E-state index is 13.4. The zero-order valence-electron chi connectivity index (χ0n) is 21.0. The second-order valence-corrected chi connectivity index (χ2v) is 10.3. The number of anilines is 2. The average Bonchev–Trinajstić information content (AvgIpc) is 3.35. The van der Waals surface area contributed by atoms with Crippen LogP contribution in [-0.4, -0.2) is 40.0 Å². The number of rotatable bonds is 8. The fourth-order valence-electron chi connectivity index (χ4n) is 3.72. The van der Waals surface area contributed by atoms with E-state index in [2.05, 4.69) is 26.1 Å². The van der Waals surface area contributed by atoms with Gasteiger partial charge in [0.2, 0.25) is 11.0 Å². The summed E-state index contributed by atoms with van der Waals surface area (Å²) in [7, 11) is 1.61. The summed E-state index contributed by atoms with van der Waals surface area (Å²) < 4.78 is 5.52. The monoisotopic (exact) mass is 536 g/mol. The van der Waals surface area contributed by atoms with Gasteiger partial charge in [0.1, 0.15) is 16.8 Å². The number of thioether (sulfide) groups is 1. The van der Waals surface area contributed by atoms with Crippen molar-refractivity contribution < 1.29 is 14.3 Å². The third kappa shape index (κ3) is 6.55. The molecule has 2 amide bonds. The lowest BCUT2D eigenvalue weighted by Crippen LogP contribution is -2.32. The Morgan fingerprint density at radius 1 is 1.11 bits per heavy atom. The van der Waals surface area contributed by atoms with Crippen LogP contribution in [-0.2, 0) is 16.0 Å². The predicted molar refractivity (Wildman–Crippen MR) is 149 cm³/mol. The number of hydrogen-bond acceptors (Lipinski definition) is 9. The van der Waals surface area contributed by atoms with Gasteiger partial charge in [0, 0.05) is 11.4 Å². The molecule has 0 bridgehead atoms. The molecule has 3 aromatic rings. The Bertz CT molecular complexity index is 1350. The number of carbonyl (C=O) groups is 2. The SMILES string of the molecule is CCc1nnc(NC(=O)CSC2=N[C@H](c3ccc(C)c(OC)c3)C(C(=O)Nc3ccccc3)=C(C)N2)s1. The first-order valence-electron chi connectivity index (χ1n) is 11.7. The van der Waals surface area contributed by atoms with Crippen LogP contribution in [0, 0.1) is 6.92 Å². The summed E-state index contributed by atoms with van der Waals surface area (Å²) in [6.45, 7) is 5.78. The molecular weight excluding hydrogens is 508 g/mol. The third-order valence-electron chi connectivity index (χ3n) is 5.60.